The molecule has 0 fully saturated rings. The molecule has 0 radical (unpaired) electrons. The Labute approximate surface area is 98.7 Å². The van der Waals surface area contributed by atoms with E-state index in [9.17, 15) is 0 Å². The topological polar surface area (TPSA) is 73.9 Å². The fourth-order valence-electron chi connectivity index (χ4n) is 1.36. The molecule has 0 aliphatic carbocycles. The van der Waals surface area contributed by atoms with Crippen molar-refractivity contribution in [3.8, 4) is 0 Å². The van der Waals surface area contributed by atoms with E-state index >= 15 is 0 Å². The van der Waals surface area contributed by atoms with Crippen molar-refractivity contribution < 1.29 is 5.21 Å². The molecule has 0 aromatic heterocycles. The van der Waals surface area contributed by atoms with Crippen LogP contribution in [0.5, 0.6) is 0 Å². The number of likely N-dealkylation sites (N-methyl/N-ethyl adjacent to an activating group) is 1. The van der Waals surface area contributed by atoms with E-state index in [0.29, 0.717) is 12.5 Å². The van der Waals surface area contributed by atoms with E-state index in [-0.39, 0.29) is 11.9 Å². The molecule has 1 atom stereocenters. The van der Waals surface area contributed by atoms with E-state index in [4.69, 9.17) is 10.9 Å². The standard InChI is InChI=1S/C11H26N4O/c1-5-10(8-11(12)14-16)13-6-7-15(4)9(2)3/h9-10,13,16H,5-8H2,1-4H3,(H2,12,14). The van der Waals surface area contributed by atoms with Crippen LogP contribution in [-0.4, -0.2) is 48.2 Å². The summed E-state index contributed by atoms with van der Waals surface area (Å²) in [5.41, 5.74) is 5.48. The Morgan fingerprint density at radius 1 is 1.50 bits per heavy atom. The van der Waals surface area contributed by atoms with Crippen molar-refractivity contribution in [2.75, 3.05) is 20.1 Å². The first-order valence-corrected chi connectivity index (χ1v) is 5.91. The summed E-state index contributed by atoms with van der Waals surface area (Å²) in [4.78, 5) is 2.28. The first kappa shape index (κ1) is 15.2. The second-order valence-electron chi connectivity index (χ2n) is 4.43. The minimum Gasteiger partial charge on any atom is -0.409 e. The number of amidine groups is 1. The number of hydrogen-bond donors (Lipinski definition) is 3. The van der Waals surface area contributed by atoms with Gasteiger partial charge >= 0.3 is 0 Å². The molecule has 96 valence electrons. The van der Waals surface area contributed by atoms with Crippen molar-refractivity contribution in [3.05, 3.63) is 0 Å². The molecule has 5 nitrogen and oxygen atoms in total. The minimum absolute atomic E-state index is 0.288. The van der Waals surface area contributed by atoms with Gasteiger partial charge in [-0.3, -0.25) is 0 Å². The highest BCUT2D eigenvalue weighted by atomic mass is 16.4. The molecular weight excluding hydrogens is 204 g/mol. The highest BCUT2D eigenvalue weighted by molar-refractivity contribution is 5.80. The van der Waals surface area contributed by atoms with Gasteiger partial charge < -0.3 is 21.2 Å². The molecule has 0 saturated heterocycles. The molecule has 1 unspecified atom stereocenters. The van der Waals surface area contributed by atoms with Gasteiger partial charge in [0.2, 0.25) is 0 Å². The predicted molar refractivity (Wildman–Crippen MR) is 67.9 cm³/mol. The van der Waals surface area contributed by atoms with Crippen molar-refractivity contribution in [2.45, 2.75) is 45.7 Å². The first-order chi connectivity index (χ1) is 7.51. The molecule has 4 N–H and O–H groups in total. The average Bonchev–Trinajstić information content (AvgIpc) is 2.26. The SMILES string of the molecule is CCC(CC(N)=NO)NCCN(C)C(C)C. The first-order valence-electron chi connectivity index (χ1n) is 5.91. The molecule has 5 heteroatoms. The van der Waals surface area contributed by atoms with Crippen LogP contribution >= 0.6 is 0 Å². The Balaban J connectivity index is 3.79. The zero-order valence-corrected chi connectivity index (χ0v) is 10.9. The van der Waals surface area contributed by atoms with Gasteiger partial charge in [0.15, 0.2) is 0 Å². The van der Waals surface area contributed by atoms with Gasteiger partial charge in [0, 0.05) is 31.6 Å². The van der Waals surface area contributed by atoms with E-state index in [1.807, 2.05) is 0 Å². The van der Waals surface area contributed by atoms with Crippen LogP contribution in [0.25, 0.3) is 0 Å². The van der Waals surface area contributed by atoms with E-state index in [0.717, 1.165) is 19.5 Å². The number of oxime groups is 1. The largest absolute Gasteiger partial charge is 0.409 e. The van der Waals surface area contributed by atoms with Crippen LogP contribution in [0.1, 0.15) is 33.6 Å². The van der Waals surface area contributed by atoms with E-state index in [1.54, 1.807) is 0 Å². The summed E-state index contributed by atoms with van der Waals surface area (Å²) < 4.78 is 0. The van der Waals surface area contributed by atoms with Gasteiger partial charge in [-0.25, -0.2) is 0 Å². The maximum atomic E-state index is 8.49. The van der Waals surface area contributed by atoms with Crippen molar-refractivity contribution in [3.63, 3.8) is 0 Å². The van der Waals surface area contributed by atoms with Gasteiger partial charge in [0.1, 0.15) is 5.84 Å². The van der Waals surface area contributed by atoms with Crippen LogP contribution in [0.2, 0.25) is 0 Å². The van der Waals surface area contributed by atoms with Gasteiger partial charge in [-0.05, 0) is 27.3 Å². The lowest BCUT2D eigenvalue weighted by atomic mass is 10.1. The minimum atomic E-state index is 0.288. The number of nitrogens with one attached hydrogen (secondary N) is 1. The molecular formula is C11H26N4O. The van der Waals surface area contributed by atoms with Gasteiger partial charge in [-0.15, -0.1) is 0 Å². The Hall–Kier alpha value is -0.810. The smallest absolute Gasteiger partial charge is 0.140 e. The molecule has 16 heavy (non-hydrogen) atoms. The second-order valence-corrected chi connectivity index (χ2v) is 4.43. The molecule has 0 aliphatic rings. The molecule has 0 heterocycles. The molecule has 0 bridgehead atoms. The van der Waals surface area contributed by atoms with E-state index in [2.05, 4.69) is 43.2 Å². The van der Waals surface area contributed by atoms with Crippen LogP contribution in [0.4, 0.5) is 0 Å². The lowest BCUT2D eigenvalue weighted by molar-refractivity contribution is 0.268. The fourth-order valence-corrected chi connectivity index (χ4v) is 1.36. The summed E-state index contributed by atoms with van der Waals surface area (Å²) in [5.74, 6) is 0.288. The third kappa shape index (κ3) is 6.63. The van der Waals surface area contributed by atoms with Gasteiger partial charge in [-0.1, -0.05) is 12.1 Å². The third-order valence-corrected chi connectivity index (χ3v) is 2.86. The molecule has 0 spiro atoms. The van der Waals surface area contributed by atoms with Crippen LogP contribution < -0.4 is 11.1 Å². The van der Waals surface area contributed by atoms with Gasteiger partial charge in [-0.2, -0.15) is 0 Å². The number of nitrogens with two attached hydrogens (primary N) is 1. The molecule has 0 amide bonds. The average molecular weight is 230 g/mol. The summed E-state index contributed by atoms with van der Waals surface area (Å²) in [6, 6.07) is 0.849. The van der Waals surface area contributed by atoms with Crippen LogP contribution in [-0.2, 0) is 0 Å². The number of rotatable bonds is 8. The van der Waals surface area contributed by atoms with Crippen LogP contribution in [0.15, 0.2) is 5.16 Å². The zero-order valence-electron chi connectivity index (χ0n) is 10.9. The summed E-state index contributed by atoms with van der Waals surface area (Å²) >= 11 is 0. The summed E-state index contributed by atoms with van der Waals surface area (Å²) in [5, 5.41) is 14.9. The summed E-state index contributed by atoms with van der Waals surface area (Å²) in [7, 11) is 2.11. The van der Waals surface area contributed by atoms with Crippen molar-refractivity contribution in [1.29, 1.82) is 0 Å². The second kappa shape index (κ2) is 8.35. The van der Waals surface area contributed by atoms with E-state index in [1.165, 1.54) is 0 Å². The monoisotopic (exact) mass is 230 g/mol. The number of nitrogens with zero attached hydrogens (tertiary/aromatic N) is 2. The third-order valence-electron chi connectivity index (χ3n) is 2.86. The Morgan fingerprint density at radius 2 is 2.12 bits per heavy atom. The maximum absolute atomic E-state index is 8.49. The Morgan fingerprint density at radius 3 is 2.56 bits per heavy atom. The predicted octanol–water partition coefficient (Wildman–Crippen LogP) is 0.831. The Kier molecular flexibility index (Phi) is 7.93. The fraction of sp³-hybridized carbons (Fsp3) is 0.909. The Bertz CT molecular complexity index is 206. The highest BCUT2D eigenvalue weighted by Crippen LogP contribution is 1.98. The van der Waals surface area contributed by atoms with Crippen LogP contribution in [0, 0.1) is 0 Å². The molecule has 0 saturated carbocycles. The lowest BCUT2D eigenvalue weighted by Gasteiger charge is -2.23. The number of hydrogen-bond acceptors (Lipinski definition) is 4. The van der Waals surface area contributed by atoms with E-state index < -0.39 is 0 Å². The molecule has 0 aromatic carbocycles. The summed E-state index contributed by atoms with van der Waals surface area (Å²) in [6.45, 7) is 8.37. The quantitative estimate of drug-likeness (QED) is 0.250. The molecule has 0 aromatic rings. The lowest BCUT2D eigenvalue weighted by Crippen LogP contribution is -2.39. The zero-order chi connectivity index (χ0) is 12.6. The van der Waals surface area contributed by atoms with Gasteiger partial charge in [0.25, 0.3) is 0 Å². The summed E-state index contributed by atoms with van der Waals surface area (Å²) in [6.07, 6.45) is 1.57. The van der Waals surface area contributed by atoms with Crippen molar-refractivity contribution in [2.24, 2.45) is 10.9 Å². The molecule has 0 rings (SSSR count). The van der Waals surface area contributed by atoms with Crippen molar-refractivity contribution >= 4 is 5.84 Å². The maximum Gasteiger partial charge on any atom is 0.140 e. The normalized spacial score (nSPS) is 14.8. The highest BCUT2D eigenvalue weighted by Gasteiger charge is 2.09. The molecule has 0 aliphatic heterocycles. The van der Waals surface area contributed by atoms with Gasteiger partial charge in [0.05, 0.1) is 0 Å². The van der Waals surface area contributed by atoms with Crippen molar-refractivity contribution in [1.82, 2.24) is 10.2 Å². The van der Waals surface area contributed by atoms with Crippen LogP contribution in [0.3, 0.4) is 0 Å².